The molecule has 3 amide bonds. The highest BCUT2D eigenvalue weighted by atomic mass is 35.5. The number of piperidine rings is 1. The molecule has 0 atom stereocenters. The molecule has 0 saturated carbocycles. The van der Waals surface area contributed by atoms with Gasteiger partial charge in [0, 0.05) is 49.2 Å². The van der Waals surface area contributed by atoms with E-state index in [0.29, 0.717) is 52.7 Å². The molecule has 34 heavy (non-hydrogen) atoms. The molecule has 3 rings (SSSR count). The summed E-state index contributed by atoms with van der Waals surface area (Å²) in [5, 5.41) is 9.29. The zero-order valence-corrected chi connectivity index (χ0v) is 21.1. The highest BCUT2D eigenvalue weighted by Crippen LogP contribution is 2.29. The fourth-order valence-corrected chi connectivity index (χ4v) is 4.27. The molecule has 0 bridgehead atoms. The van der Waals surface area contributed by atoms with Crippen LogP contribution in [0.2, 0.25) is 10.0 Å². The van der Waals surface area contributed by atoms with Gasteiger partial charge in [0.15, 0.2) is 0 Å². The van der Waals surface area contributed by atoms with E-state index in [9.17, 15) is 9.59 Å². The summed E-state index contributed by atoms with van der Waals surface area (Å²) < 4.78 is 5.35. The van der Waals surface area contributed by atoms with Crippen LogP contribution >= 0.6 is 23.2 Å². The van der Waals surface area contributed by atoms with Crippen LogP contribution in [-0.4, -0.2) is 44.8 Å². The van der Waals surface area contributed by atoms with E-state index >= 15 is 0 Å². The first kappa shape index (κ1) is 26.1. The first-order valence-corrected chi connectivity index (χ1v) is 12.4. The van der Waals surface area contributed by atoms with Crippen LogP contribution in [0.15, 0.2) is 36.4 Å². The van der Waals surface area contributed by atoms with E-state index in [1.54, 1.807) is 24.3 Å². The average molecular weight is 507 g/mol. The number of amides is 3. The number of nitrogens with zero attached hydrogens (tertiary/aromatic N) is 1. The molecular formula is C25H32Cl2N4O3. The molecule has 0 spiro atoms. The highest BCUT2D eigenvalue weighted by Gasteiger charge is 2.22. The zero-order chi connectivity index (χ0) is 24.5. The fraction of sp³-hybridized carbons (Fsp3) is 0.440. The molecule has 0 unspecified atom stereocenters. The summed E-state index contributed by atoms with van der Waals surface area (Å²) in [6.45, 7) is 7.76. The van der Waals surface area contributed by atoms with E-state index in [1.165, 1.54) is 0 Å². The van der Waals surface area contributed by atoms with Crippen LogP contribution in [0, 0.1) is 5.92 Å². The number of carbonyl (C=O) groups is 2. The molecule has 184 valence electrons. The van der Waals surface area contributed by atoms with E-state index in [4.69, 9.17) is 27.9 Å². The van der Waals surface area contributed by atoms with Crippen LogP contribution in [0.5, 0.6) is 0 Å². The lowest BCUT2D eigenvalue weighted by molar-refractivity contribution is 0.0944. The number of ether oxygens (including phenoxy) is 1. The molecule has 1 fully saturated rings. The molecule has 0 aromatic heterocycles. The van der Waals surface area contributed by atoms with Crippen molar-refractivity contribution in [3.8, 4) is 0 Å². The topological polar surface area (TPSA) is 82.7 Å². The lowest BCUT2D eigenvalue weighted by Crippen LogP contribution is -2.35. The molecule has 3 N–H and O–H groups in total. The summed E-state index contributed by atoms with van der Waals surface area (Å²) in [6.07, 6.45) is 2.90. The summed E-state index contributed by atoms with van der Waals surface area (Å²) in [7, 11) is 0. The first-order valence-electron chi connectivity index (χ1n) is 11.7. The quantitative estimate of drug-likeness (QED) is 0.362. The Morgan fingerprint density at radius 1 is 1.09 bits per heavy atom. The second kappa shape index (κ2) is 12.8. The number of carbonyl (C=O) groups excluding carboxylic acids is 2. The predicted molar refractivity (Wildman–Crippen MR) is 140 cm³/mol. The number of nitrogens with one attached hydrogen (secondary N) is 3. The monoisotopic (exact) mass is 506 g/mol. The van der Waals surface area contributed by atoms with Crippen molar-refractivity contribution >= 4 is 52.2 Å². The van der Waals surface area contributed by atoms with Gasteiger partial charge in [0.05, 0.1) is 16.3 Å². The molecule has 0 aliphatic carbocycles. The van der Waals surface area contributed by atoms with Crippen LogP contribution in [0.25, 0.3) is 0 Å². The summed E-state index contributed by atoms with van der Waals surface area (Å²) in [4.78, 5) is 27.9. The van der Waals surface area contributed by atoms with Gasteiger partial charge >= 0.3 is 6.03 Å². The summed E-state index contributed by atoms with van der Waals surface area (Å²) in [5.74, 6) is 0.506. The van der Waals surface area contributed by atoms with Crippen molar-refractivity contribution in [2.24, 2.45) is 5.92 Å². The first-order chi connectivity index (χ1) is 16.4. The van der Waals surface area contributed by atoms with E-state index in [-0.39, 0.29) is 5.91 Å². The van der Waals surface area contributed by atoms with Crippen molar-refractivity contribution in [1.29, 1.82) is 0 Å². The lowest BCUT2D eigenvalue weighted by atomic mass is 9.98. The molecule has 1 aliphatic heterocycles. The molecule has 2 aromatic carbocycles. The van der Waals surface area contributed by atoms with Gasteiger partial charge in [0.1, 0.15) is 0 Å². The minimum atomic E-state index is -0.466. The number of anilines is 3. The molecule has 1 aliphatic rings. The van der Waals surface area contributed by atoms with Gasteiger partial charge in [-0.15, -0.1) is 0 Å². The summed E-state index contributed by atoms with van der Waals surface area (Å²) in [6, 6.07) is 9.79. The summed E-state index contributed by atoms with van der Waals surface area (Å²) >= 11 is 12.1. The zero-order valence-electron chi connectivity index (χ0n) is 19.6. The largest absolute Gasteiger partial charge is 0.382 e. The van der Waals surface area contributed by atoms with Crippen molar-refractivity contribution in [3.63, 3.8) is 0 Å². The van der Waals surface area contributed by atoms with Gasteiger partial charge in [-0.1, -0.05) is 30.1 Å². The fourth-order valence-electron chi connectivity index (χ4n) is 3.81. The van der Waals surface area contributed by atoms with Gasteiger partial charge in [0.2, 0.25) is 0 Å². The van der Waals surface area contributed by atoms with Gasteiger partial charge in [-0.2, -0.15) is 0 Å². The Balaban J connectivity index is 1.73. The highest BCUT2D eigenvalue weighted by molar-refractivity contribution is 6.36. The van der Waals surface area contributed by atoms with Gasteiger partial charge in [-0.05, 0) is 68.5 Å². The number of halogens is 2. The standard InChI is InChI=1S/C25H32Cl2N4O3/c1-3-34-14-4-11-28-24(32)20-16-19(6-8-23(20)31-12-9-17(2)10-13-31)29-25(33)30-22-7-5-18(26)15-21(22)27/h5-8,15-17H,3-4,9-14H2,1-2H3,(H,28,32)(H2,29,30,33). The third-order valence-corrected chi connectivity index (χ3v) is 6.31. The maximum atomic E-state index is 13.1. The van der Waals surface area contributed by atoms with Crippen LogP contribution in [0.4, 0.5) is 21.9 Å². The number of hydrogen-bond acceptors (Lipinski definition) is 4. The van der Waals surface area contributed by atoms with Crippen molar-refractivity contribution < 1.29 is 14.3 Å². The molecule has 7 nitrogen and oxygen atoms in total. The molecule has 1 saturated heterocycles. The lowest BCUT2D eigenvalue weighted by Gasteiger charge is -2.33. The summed E-state index contributed by atoms with van der Waals surface area (Å²) in [5.41, 5.74) is 2.36. The third kappa shape index (κ3) is 7.52. The number of hydrogen-bond donors (Lipinski definition) is 3. The molecule has 1 heterocycles. The van der Waals surface area contributed by atoms with Crippen molar-refractivity contribution in [1.82, 2.24) is 5.32 Å². The van der Waals surface area contributed by atoms with Crippen LogP contribution in [0.1, 0.15) is 43.5 Å². The van der Waals surface area contributed by atoms with Crippen molar-refractivity contribution in [3.05, 3.63) is 52.0 Å². The molecule has 9 heteroatoms. The van der Waals surface area contributed by atoms with Gasteiger partial charge in [-0.3, -0.25) is 4.79 Å². The van der Waals surface area contributed by atoms with E-state index in [2.05, 4.69) is 27.8 Å². The minimum absolute atomic E-state index is 0.171. The smallest absolute Gasteiger partial charge is 0.323 e. The number of urea groups is 1. The van der Waals surface area contributed by atoms with E-state index in [0.717, 1.165) is 38.0 Å². The second-order valence-corrected chi connectivity index (χ2v) is 9.25. The van der Waals surface area contributed by atoms with E-state index in [1.807, 2.05) is 19.1 Å². The average Bonchev–Trinajstić information content (AvgIpc) is 2.81. The Bertz CT molecular complexity index is 994. The second-order valence-electron chi connectivity index (χ2n) is 8.41. The Morgan fingerprint density at radius 2 is 1.85 bits per heavy atom. The molecule has 2 aromatic rings. The number of rotatable bonds is 9. The van der Waals surface area contributed by atoms with Crippen LogP contribution in [-0.2, 0) is 4.74 Å². The molecular weight excluding hydrogens is 475 g/mol. The third-order valence-electron chi connectivity index (χ3n) is 5.76. The Kier molecular flexibility index (Phi) is 9.86. The maximum Gasteiger partial charge on any atom is 0.323 e. The van der Waals surface area contributed by atoms with Crippen LogP contribution in [0.3, 0.4) is 0 Å². The normalized spacial score (nSPS) is 14.1. The Hall–Kier alpha value is -2.48. The SMILES string of the molecule is CCOCCCNC(=O)c1cc(NC(=O)Nc2ccc(Cl)cc2Cl)ccc1N1CCC(C)CC1. The number of benzene rings is 2. The van der Waals surface area contributed by atoms with Crippen molar-refractivity contribution in [2.75, 3.05) is 48.4 Å². The van der Waals surface area contributed by atoms with Gasteiger partial charge in [-0.25, -0.2) is 4.79 Å². The maximum absolute atomic E-state index is 13.1. The van der Waals surface area contributed by atoms with Crippen molar-refractivity contribution in [2.45, 2.75) is 33.1 Å². The minimum Gasteiger partial charge on any atom is -0.382 e. The Morgan fingerprint density at radius 3 is 2.56 bits per heavy atom. The van der Waals surface area contributed by atoms with Gasteiger partial charge in [0.25, 0.3) is 5.91 Å². The molecule has 0 radical (unpaired) electrons. The Labute approximate surface area is 211 Å². The predicted octanol–water partition coefficient (Wildman–Crippen LogP) is 6.03. The van der Waals surface area contributed by atoms with Gasteiger partial charge < -0.3 is 25.6 Å². The van der Waals surface area contributed by atoms with E-state index < -0.39 is 6.03 Å². The van der Waals surface area contributed by atoms with Crippen LogP contribution < -0.4 is 20.9 Å².